The van der Waals surface area contributed by atoms with Gasteiger partial charge in [-0.05, 0) is 47.1 Å². The number of para-hydroxylation sites is 1. The molecule has 18 heavy (non-hydrogen) atoms. The molecule has 1 amide bonds. The predicted molar refractivity (Wildman–Crippen MR) is 75.7 cm³/mol. The molecule has 2 aromatic rings. The Morgan fingerprint density at radius 2 is 1.94 bits per heavy atom. The third-order valence-electron chi connectivity index (χ3n) is 2.60. The van der Waals surface area contributed by atoms with E-state index in [0.29, 0.717) is 12.1 Å². The molecule has 0 bridgehead atoms. The van der Waals surface area contributed by atoms with Gasteiger partial charge in [0.25, 0.3) is 5.91 Å². The SMILES string of the molecule is CCN(C(=O)c1ccc(Br)nc1)c1ccccc1. The third-order valence-corrected chi connectivity index (χ3v) is 3.07. The zero-order valence-corrected chi connectivity index (χ0v) is 11.6. The van der Waals surface area contributed by atoms with Crippen molar-refractivity contribution in [1.29, 1.82) is 0 Å². The first-order valence-corrected chi connectivity index (χ1v) is 6.50. The highest BCUT2D eigenvalue weighted by molar-refractivity contribution is 9.10. The number of pyridine rings is 1. The summed E-state index contributed by atoms with van der Waals surface area (Å²) in [6, 6.07) is 13.2. The predicted octanol–water partition coefficient (Wildman–Crippen LogP) is 3.51. The van der Waals surface area contributed by atoms with E-state index in [1.54, 1.807) is 23.2 Å². The van der Waals surface area contributed by atoms with E-state index in [4.69, 9.17) is 0 Å². The fourth-order valence-corrected chi connectivity index (χ4v) is 1.94. The largest absolute Gasteiger partial charge is 0.309 e. The van der Waals surface area contributed by atoms with Crippen LogP contribution in [0.25, 0.3) is 0 Å². The highest BCUT2D eigenvalue weighted by atomic mass is 79.9. The van der Waals surface area contributed by atoms with Gasteiger partial charge in [-0.25, -0.2) is 4.98 Å². The fraction of sp³-hybridized carbons (Fsp3) is 0.143. The average molecular weight is 305 g/mol. The van der Waals surface area contributed by atoms with Crippen LogP contribution in [0.15, 0.2) is 53.3 Å². The molecule has 0 N–H and O–H groups in total. The zero-order chi connectivity index (χ0) is 13.0. The van der Waals surface area contributed by atoms with Crippen LogP contribution in [0.1, 0.15) is 17.3 Å². The Hall–Kier alpha value is -1.68. The van der Waals surface area contributed by atoms with Gasteiger partial charge in [0.05, 0.1) is 5.56 Å². The summed E-state index contributed by atoms with van der Waals surface area (Å²) in [5.41, 5.74) is 1.48. The lowest BCUT2D eigenvalue weighted by Gasteiger charge is -2.20. The molecule has 0 unspecified atom stereocenters. The van der Waals surface area contributed by atoms with E-state index < -0.39 is 0 Å². The summed E-state index contributed by atoms with van der Waals surface area (Å²) in [7, 11) is 0. The van der Waals surface area contributed by atoms with Gasteiger partial charge < -0.3 is 4.90 Å². The van der Waals surface area contributed by atoms with Crippen molar-refractivity contribution < 1.29 is 4.79 Å². The zero-order valence-electron chi connectivity index (χ0n) is 10.0. The number of nitrogens with zero attached hydrogens (tertiary/aromatic N) is 2. The maximum absolute atomic E-state index is 12.4. The number of aromatic nitrogens is 1. The second-order valence-corrected chi connectivity index (χ2v) is 4.57. The van der Waals surface area contributed by atoms with E-state index >= 15 is 0 Å². The van der Waals surface area contributed by atoms with E-state index in [1.807, 2.05) is 37.3 Å². The summed E-state index contributed by atoms with van der Waals surface area (Å²) in [6.45, 7) is 2.58. The van der Waals surface area contributed by atoms with E-state index in [2.05, 4.69) is 20.9 Å². The molecule has 1 aromatic heterocycles. The average Bonchev–Trinajstić information content (AvgIpc) is 2.41. The third kappa shape index (κ3) is 2.76. The monoisotopic (exact) mass is 304 g/mol. The second-order valence-electron chi connectivity index (χ2n) is 3.75. The minimum atomic E-state index is -0.0382. The maximum atomic E-state index is 12.4. The molecule has 1 heterocycles. The molecule has 0 fully saturated rings. The van der Waals surface area contributed by atoms with Crippen LogP contribution in [-0.4, -0.2) is 17.4 Å². The Morgan fingerprint density at radius 3 is 2.50 bits per heavy atom. The minimum absolute atomic E-state index is 0.0382. The van der Waals surface area contributed by atoms with Gasteiger partial charge in [-0.1, -0.05) is 18.2 Å². The molecule has 1 aromatic carbocycles. The van der Waals surface area contributed by atoms with Gasteiger partial charge in [0.1, 0.15) is 4.60 Å². The van der Waals surface area contributed by atoms with Gasteiger partial charge in [0, 0.05) is 18.4 Å². The Labute approximate surface area is 115 Å². The number of amides is 1. The standard InChI is InChI=1S/C14H13BrN2O/c1-2-17(12-6-4-3-5-7-12)14(18)11-8-9-13(15)16-10-11/h3-10H,2H2,1H3. The van der Waals surface area contributed by atoms with Crippen molar-refractivity contribution in [1.82, 2.24) is 4.98 Å². The molecule has 0 aliphatic carbocycles. The molecule has 0 aliphatic heterocycles. The molecule has 92 valence electrons. The highest BCUT2D eigenvalue weighted by Gasteiger charge is 2.15. The summed E-state index contributed by atoms with van der Waals surface area (Å²) in [4.78, 5) is 18.2. The van der Waals surface area contributed by atoms with Gasteiger partial charge >= 0.3 is 0 Å². The molecule has 2 rings (SSSR count). The Bertz CT molecular complexity index is 525. The first kappa shape index (κ1) is 12.8. The van der Waals surface area contributed by atoms with E-state index in [1.165, 1.54) is 0 Å². The molecular weight excluding hydrogens is 292 g/mol. The van der Waals surface area contributed by atoms with Gasteiger partial charge in [-0.15, -0.1) is 0 Å². The molecule has 0 atom stereocenters. The first-order valence-electron chi connectivity index (χ1n) is 5.71. The molecule has 4 heteroatoms. The minimum Gasteiger partial charge on any atom is -0.309 e. The number of carbonyl (C=O) groups is 1. The highest BCUT2D eigenvalue weighted by Crippen LogP contribution is 2.16. The summed E-state index contributed by atoms with van der Waals surface area (Å²) < 4.78 is 0.724. The normalized spacial score (nSPS) is 10.1. The van der Waals surface area contributed by atoms with Crippen LogP contribution in [0.2, 0.25) is 0 Å². The van der Waals surface area contributed by atoms with Crippen molar-refractivity contribution in [3.8, 4) is 0 Å². The number of benzene rings is 1. The number of rotatable bonds is 3. The van der Waals surface area contributed by atoms with E-state index in [0.717, 1.165) is 10.3 Å². The van der Waals surface area contributed by atoms with Crippen molar-refractivity contribution in [2.45, 2.75) is 6.92 Å². The smallest absolute Gasteiger partial charge is 0.259 e. The summed E-state index contributed by atoms with van der Waals surface area (Å²) in [6.07, 6.45) is 1.58. The van der Waals surface area contributed by atoms with Crippen molar-refractivity contribution >= 4 is 27.5 Å². The molecule has 0 radical (unpaired) electrons. The van der Waals surface area contributed by atoms with Crippen molar-refractivity contribution in [3.63, 3.8) is 0 Å². The number of hydrogen-bond donors (Lipinski definition) is 0. The van der Waals surface area contributed by atoms with Crippen LogP contribution in [0.4, 0.5) is 5.69 Å². The fourth-order valence-electron chi connectivity index (χ4n) is 1.71. The van der Waals surface area contributed by atoms with Gasteiger partial charge in [0.2, 0.25) is 0 Å². The van der Waals surface area contributed by atoms with Crippen LogP contribution >= 0.6 is 15.9 Å². The number of anilines is 1. The topological polar surface area (TPSA) is 33.2 Å². The van der Waals surface area contributed by atoms with Crippen LogP contribution in [0, 0.1) is 0 Å². The molecule has 0 saturated heterocycles. The van der Waals surface area contributed by atoms with Crippen molar-refractivity contribution in [2.24, 2.45) is 0 Å². The number of hydrogen-bond acceptors (Lipinski definition) is 2. The van der Waals surface area contributed by atoms with Gasteiger partial charge in [0.15, 0.2) is 0 Å². The van der Waals surface area contributed by atoms with Gasteiger partial charge in [-0.2, -0.15) is 0 Å². The molecular formula is C14H13BrN2O. The first-order chi connectivity index (χ1) is 8.72. The molecule has 0 aliphatic rings. The Balaban J connectivity index is 2.28. The lowest BCUT2D eigenvalue weighted by molar-refractivity contribution is 0.0988. The quantitative estimate of drug-likeness (QED) is 0.813. The molecule has 0 spiro atoms. The summed E-state index contributed by atoms with van der Waals surface area (Å²) in [5, 5.41) is 0. The van der Waals surface area contributed by atoms with Crippen LogP contribution < -0.4 is 4.90 Å². The van der Waals surface area contributed by atoms with Crippen LogP contribution in [0.3, 0.4) is 0 Å². The Morgan fingerprint density at radius 1 is 1.22 bits per heavy atom. The lowest BCUT2D eigenvalue weighted by atomic mass is 10.2. The van der Waals surface area contributed by atoms with E-state index in [9.17, 15) is 4.79 Å². The van der Waals surface area contributed by atoms with Crippen molar-refractivity contribution in [3.05, 3.63) is 58.8 Å². The van der Waals surface area contributed by atoms with E-state index in [-0.39, 0.29) is 5.91 Å². The molecule has 0 saturated carbocycles. The summed E-state index contributed by atoms with van der Waals surface area (Å²) >= 11 is 3.26. The maximum Gasteiger partial charge on any atom is 0.259 e. The Kier molecular flexibility index (Phi) is 4.10. The number of carbonyl (C=O) groups excluding carboxylic acids is 1. The van der Waals surface area contributed by atoms with Crippen LogP contribution in [-0.2, 0) is 0 Å². The second kappa shape index (κ2) is 5.78. The van der Waals surface area contributed by atoms with Gasteiger partial charge in [-0.3, -0.25) is 4.79 Å². The van der Waals surface area contributed by atoms with Crippen LogP contribution in [0.5, 0.6) is 0 Å². The lowest BCUT2D eigenvalue weighted by Crippen LogP contribution is -2.30. The summed E-state index contributed by atoms with van der Waals surface area (Å²) in [5.74, 6) is -0.0382. The number of halogens is 1. The van der Waals surface area contributed by atoms with Crippen molar-refractivity contribution in [2.75, 3.05) is 11.4 Å². The molecule has 3 nitrogen and oxygen atoms in total.